The Kier molecular flexibility index (Phi) is 3.71. The first-order valence-corrected chi connectivity index (χ1v) is 5.87. The first-order valence-electron chi connectivity index (χ1n) is 5.10. The second-order valence-corrected chi connectivity index (χ2v) is 4.35. The van der Waals surface area contributed by atoms with Crippen LogP contribution in [0.15, 0.2) is 24.4 Å². The van der Waals surface area contributed by atoms with E-state index in [1.807, 2.05) is 18.2 Å². The summed E-state index contributed by atoms with van der Waals surface area (Å²) in [7, 11) is 1.80. The summed E-state index contributed by atoms with van der Waals surface area (Å²) < 4.78 is 10.8. The minimum atomic E-state index is -0.494. The maximum atomic E-state index is 9.53. The SMILES string of the molecule is CNCC(O)COc1cccc2sncc12. The lowest BCUT2D eigenvalue weighted by Gasteiger charge is -2.12. The minimum Gasteiger partial charge on any atom is -0.490 e. The van der Waals surface area contributed by atoms with E-state index in [9.17, 15) is 5.11 Å². The molecule has 2 N–H and O–H groups in total. The van der Waals surface area contributed by atoms with Crippen LogP contribution in [0.2, 0.25) is 0 Å². The summed E-state index contributed by atoms with van der Waals surface area (Å²) in [5.74, 6) is 0.779. The molecule has 4 nitrogen and oxygen atoms in total. The van der Waals surface area contributed by atoms with E-state index in [2.05, 4.69) is 9.69 Å². The largest absolute Gasteiger partial charge is 0.490 e. The number of nitrogens with zero attached hydrogens (tertiary/aromatic N) is 1. The van der Waals surface area contributed by atoms with Gasteiger partial charge >= 0.3 is 0 Å². The van der Waals surface area contributed by atoms with Crippen molar-refractivity contribution in [3.8, 4) is 5.75 Å². The smallest absolute Gasteiger partial charge is 0.129 e. The van der Waals surface area contributed by atoms with Crippen molar-refractivity contribution in [1.29, 1.82) is 0 Å². The van der Waals surface area contributed by atoms with Gasteiger partial charge in [-0.25, -0.2) is 0 Å². The Morgan fingerprint density at radius 3 is 3.25 bits per heavy atom. The lowest BCUT2D eigenvalue weighted by atomic mass is 10.2. The van der Waals surface area contributed by atoms with Crippen LogP contribution in [-0.4, -0.2) is 35.8 Å². The fraction of sp³-hybridized carbons (Fsp3) is 0.364. The van der Waals surface area contributed by atoms with Gasteiger partial charge in [-0.15, -0.1) is 0 Å². The van der Waals surface area contributed by atoms with Crippen LogP contribution in [0, 0.1) is 0 Å². The van der Waals surface area contributed by atoms with Crippen molar-refractivity contribution in [1.82, 2.24) is 9.69 Å². The monoisotopic (exact) mass is 238 g/mol. The predicted molar refractivity (Wildman–Crippen MR) is 65.0 cm³/mol. The van der Waals surface area contributed by atoms with Crippen molar-refractivity contribution in [2.75, 3.05) is 20.2 Å². The summed E-state index contributed by atoms with van der Waals surface area (Å²) in [5.41, 5.74) is 0. The fourth-order valence-corrected chi connectivity index (χ4v) is 2.14. The molecule has 0 spiro atoms. The third kappa shape index (κ3) is 2.49. The highest BCUT2D eigenvalue weighted by Gasteiger charge is 2.07. The third-order valence-corrected chi connectivity index (χ3v) is 2.99. The molecule has 1 aromatic heterocycles. The Labute approximate surface area is 98.0 Å². The Bertz CT molecular complexity index is 458. The van der Waals surface area contributed by atoms with Crippen molar-refractivity contribution in [3.05, 3.63) is 24.4 Å². The van der Waals surface area contributed by atoms with Crippen LogP contribution in [0.25, 0.3) is 10.1 Å². The molecule has 0 aliphatic heterocycles. The normalized spacial score (nSPS) is 12.9. The molecule has 2 rings (SSSR count). The van der Waals surface area contributed by atoms with E-state index in [-0.39, 0.29) is 6.61 Å². The number of aliphatic hydroxyl groups is 1. The highest BCUT2D eigenvalue weighted by molar-refractivity contribution is 7.13. The summed E-state index contributed by atoms with van der Waals surface area (Å²) >= 11 is 1.44. The summed E-state index contributed by atoms with van der Waals surface area (Å²) in [6, 6.07) is 5.83. The van der Waals surface area contributed by atoms with Crippen LogP contribution in [0.4, 0.5) is 0 Å². The highest BCUT2D eigenvalue weighted by atomic mass is 32.1. The summed E-state index contributed by atoms with van der Waals surface area (Å²) in [5, 5.41) is 13.4. The molecule has 86 valence electrons. The van der Waals surface area contributed by atoms with Crippen LogP contribution < -0.4 is 10.1 Å². The maximum Gasteiger partial charge on any atom is 0.129 e. The van der Waals surface area contributed by atoms with E-state index in [1.54, 1.807) is 13.2 Å². The molecule has 0 saturated carbocycles. The Morgan fingerprint density at radius 2 is 2.44 bits per heavy atom. The van der Waals surface area contributed by atoms with E-state index in [0.717, 1.165) is 15.8 Å². The van der Waals surface area contributed by atoms with E-state index in [0.29, 0.717) is 6.54 Å². The molecule has 0 saturated heterocycles. The van der Waals surface area contributed by atoms with Gasteiger partial charge < -0.3 is 15.2 Å². The number of aliphatic hydroxyl groups excluding tert-OH is 1. The number of aromatic nitrogens is 1. The Balaban J connectivity index is 2.06. The van der Waals surface area contributed by atoms with Crippen LogP contribution in [0.5, 0.6) is 5.75 Å². The second kappa shape index (κ2) is 5.25. The predicted octanol–water partition coefficient (Wildman–Crippen LogP) is 1.26. The second-order valence-electron chi connectivity index (χ2n) is 3.52. The van der Waals surface area contributed by atoms with Crippen molar-refractivity contribution >= 4 is 21.6 Å². The first-order chi connectivity index (χ1) is 7.81. The number of ether oxygens (including phenoxy) is 1. The van der Waals surface area contributed by atoms with Crippen LogP contribution in [-0.2, 0) is 0 Å². The number of benzene rings is 1. The quantitative estimate of drug-likeness (QED) is 0.823. The lowest BCUT2D eigenvalue weighted by Crippen LogP contribution is -2.29. The van der Waals surface area contributed by atoms with Gasteiger partial charge in [0.1, 0.15) is 18.5 Å². The van der Waals surface area contributed by atoms with E-state index in [1.165, 1.54) is 11.5 Å². The minimum absolute atomic E-state index is 0.287. The standard InChI is InChI=1S/C11H14N2O2S/c1-12-5-8(14)7-15-10-3-2-4-11-9(10)6-13-16-11/h2-4,6,8,12,14H,5,7H2,1H3. The molecule has 1 unspecified atom stereocenters. The van der Waals surface area contributed by atoms with E-state index in [4.69, 9.17) is 4.74 Å². The Morgan fingerprint density at radius 1 is 1.56 bits per heavy atom. The summed E-state index contributed by atoms with van der Waals surface area (Å²) in [4.78, 5) is 0. The van der Waals surface area contributed by atoms with Gasteiger partial charge in [0.25, 0.3) is 0 Å². The van der Waals surface area contributed by atoms with Gasteiger partial charge in [0.15, 0.2) is 0 Å². The van der Waals surface area contributed by atoms with E-state index < -0.39 is 6.10 Å². The van der Waals surface area contributed by atoms with Crippen molar-refractivity contribution < 1.29 is 9.84 Å². The number of hydrogen-bond donors (Lipinski definition) is 2. The molecule has 0 radical (unpaired) electrons. The molecular formula is C11H14N2O2S. The number of hydrogen-bond acceptors (Lipinski definition) is 5. The van der Waals surface area contributed by atoms with Crippen LogP contribution in [0.1, 0.15) is 0 Å². The summed E-state index contributed by atoms with van der Waals surface area (Å²) in [6.07, 6.45) is 1.30. The summed E-state index contributed by atoms with van der Waals surface area (Å²) in [6.45, 7) is 0.813. The van der Waals surface area contributed by atoms with Crippen molar-refractivity contribution in [2.24, 2.45) is 0 Å². The number of likely N-dealkylation sites (N-methyl/N-ethyl adjacent to an activating group) is 1. The topological polar surface area (TPSA) is 54.4 Å². The molecule has 0 bridgehead atoms. The highest BCUT2D eigenvalue weighted by Crippen LogP contribution is 2.27. The molecule has 0 aliphatic rings. The third-order valence-electron chi connectivity index (χ3n) is 2.23. The van der Waals surface area contributed by atoms with Gasteiger partial charge in [-0.1, -0.05) is 6.07 Å². The molecule has 0 aliphatic carbocycles. The van der Waals surface area contributed by atoms with E-state index >= 15 is 0 Å². The zero-order valence-corrected chi connectivity index (χ0v) is 9.83. The average molecular weight is 238 g/mol. The number of nitrogens with one attached hydrogen (secondary N) is 1. The maximum absolute atomic E-state index is 9.53. The molecule has 16 heavy (non-hydrogen) atoms. The molecule has 1 heterocycles. The molecule has 5 heteroatoms. The van der Waals surface area contributed by atoms with Gasteiger partial charge in [0.2, 0.25) is 0 Å². The lowest BCUT2D eigenvalue weighted by molar-refractivity contribution is 0.109. The van der Waals surface area contributed by atoms with Gasteiger partial charge in [-0.3, -0.25) is 0 Å². The zero-order valence-electron chi connectivity index (χ0n) is 9.01. The molecule has 0 fully saturated rings. The van der Waals surface area contributed by atoms with Gasteiger partial charge in [-0.2, -0.15) is 4.37 Å². The molecule has 0 amide bonds. The Hall–Kier alpha value is -1.17. The number of rotatable bonds is 5. The van der Waals surface area contributed by atoms with Gasteiger partial charge in [0, 0.05) is 6.54 Å². The zero-order chi connectivity index (χ0) is 11.4. The average Bonchev–Trinajstić information content (AvgIpc) is 2.75. The molecule has 1 atom stereocenters. The molecule has 1 aromatic carbocycles. The molecular weight excluding hydrogens is 224 g/mol. The van der Waals surface area contributed by atoms with Crippen LogP contribution >= 0.6 is 11.5 Å². The molecule has 2 aromatic rings. The van der Waals surface area contributed by atoms with Crippen molar-refractivity contribution in [2.45, 2.75) is 6.10 Å². The fourth-order valence-electron chi connectivity index (χ4n) is 1.47. The van der Waals surface area contributed by atoms with Crippen LogP contribution in [0.3, 0.4) is 0 Å². The van der Waals surface area contributed by atoms with Crippen molar-refractivity contribution in [3.63, 3.8) is 0 Å². The first kappa shape index (κ1) is 11.3. The number of fused-ring (bicyclic) bond motifs is 1. The van der Waals surface area contributed by atoms with Gasteiger partial charge in [0.05, 0.1) is 16.3 Å². The van der Waals surface area contributed by atoms with Gasteiger partial charge in [-0.05, 0) is 30.7 Å².